The number of primary amides is 1. The van der Waals surface area contributed by atoms with Crippen molar-refractivity contribution in [2.75, 3.05) is 18.4 Å². The molecule has 1 saturated heterocycles. The van der Waals surface area contributed by atoms with E-state index in [1.165, 1.54) is 24.0 Å². The van der Waals surface area contributed by atoms with E-state index >= 15 is 4.39 Å². The predicted octanol–water partition coefficient (Wildman–Crippen LogP) is 3.03. The Hall–Kier alpha value is -3.24. The molecule has 1 atom stereocenters. The van der Waals surface area contributed by atoms with Crippen LogP contribution in [0.25, 0.3) is 10.9 Å². The van der Waals surface area contributed by atoms with Crippen LogP contribution in [0.4, 0.5) is 14.5 Å². The molecule has 0 spiro atoms. The Labute approximate surface area is 202 Å². The normalized spacial score (nSPS) is 17.9. The smallest absolute Gasteiger partial charge is 0.261 e. The third kappa shape index (κ3) is 4.19. The van der Waals surface area contributed by atoms with Gasteiger partial charge in [-0.25, -0.2) is 13.8 Å². The molecular formula is C22H19Cl2F2N5O3. The number of carbonyl (C=O) groups excluding carboxylic acids is 2. The number of carbonyl (C=O) groups is 2. The molecule has 1 aromatic heterocycles. The maximum atomic E-state index is 15.1. The highest BCUT2D eigenvalue weighted by Crippen LogP contribution is 2.43. The van der Waals surface area contributed by atoms with Crippen LogP contribution in [0.15, 0.2) is 35.4 Å². The molecule has 1 fully saturated rings. The number of hydrogen-bond donors (Lipinski definition) is 2. The molecule has 12 heteroatoms. The van der Waals surface area contributed by atoms with E-state index in [0.29, 0.717) is 0 Å². The topological polar surface area (TPSA) is 110 Å². The van der Waals surface area contributed by atoms with Crippen LogP contribution in [0.1, 0.15) is 18.9 Å². The van der Waals surface area contributed by atoms with Gasteiger partial charge in [0.15, 0.2) is 5.82 Å². The van der Waals surface area contributed by atoms with Crippen LogP contribution in [-0.2, 0) is 21.7 Å². The van der Waals surface area contributed by atoms with Gasteiger partial charge in [0.2, 0.25) is 11.8 Å². The molecule has 178 valence electrons. The first kappa shape index (κ1) is 23.9. The SMILES string of the molecule is CC(=O)N1CC[C@](Nc2cc(F)c3ncn(CC(N)=O)c(=O)c3c2)(c2c(F)ccc(Cl)c2Cl)C1. The van der Waals surface area contributed by atoms with E-state index in [1.54, 1.807) is 0 Å². The first-order valence-electron chi connectivity index (χ1n) is 10.2. The Morgan fingerprint density at radius 2 is 1.97 bits per heavy atom. The summed E-state index contributed by atoms with van der Waals surface area (Å²) >= 11 is 12.5. The number of benzene rings is 2. The van der Waals surface area contributed by atoms with E-state index in [-0.39, 0.29) is 57.6 Å². The van der Waals surface area contributed by atoms with Crippen LogP contribution in [-0.4, -0.2) is 39.4 Å². The van der Waals surface area contributed by atoms with Gasteiger partial charge in [0.05, 0.1) is 27.3 Å². The Kier molecular flexibility index (Phi) is 6.22. The summed E-state index contributed by atoms with van der Waals surface area (Å²) in [6.45, 7) is 1.27. The van der Waals surface area contributed by atoms with E-state index in [4.69, 9.17) is 28.9 Å². The van der Waals surface area contributed by atoms with Gasteiger partial charge < -0.3 is 16.0 Å². The highest BCUT2D eigenvalue weighted by molar-refractivity contribution is 6.42. The van der Waals surface area contributed by atoms with Crippen molar-refractivity contribution < 1.29 is 18.4 Å². The lowest BCUT2D eigenvalue weighted by Gasteiger charge is -2.33. The molecule has 0 aliphatic carbocycles. The summed E-state index contributed by atoms with van der Waals surface area (Å²) in [5.74, 6) is -2.46. The predicted molar refractivity (Wildman–Crippen MR) is 124 cm³/mol. The van der Waals surface area contributed by atoms with Crippen LogP contribution in [0.2, 0.25) is 10.0 Å². The average molecular weight is 510 g/mol. The highest BCUT2D eigenvalue weighted by Gasteiger charge is 2.44. The number of halogens is 4. The largest absolute Gasteiger partial charge is 0.373 e. The summed E-state index contributed by atoms with van der Waals surface area (Å²) in [6.07, 6.45) is 1.28. The third-order valence-electron chi connectivity index (χ3n) is 5.83. The number of amides is 2. The van der Waals surface area contributed by atoms with Gasteiger partial charge in [-0.2, -0.15) is 0 Å². The van der Waals surface area contributed by atoms with Crippen molar-refractivity contribution >= 4 is 51.6 Å². The number of likely N-dealkylation sites (tertiary alicyclic amines) is 1. The monoisotopic (exact) mass is 509 g/mol. The van der Waals surface area contributed by atoms with E-state index in [9.17, 15) is 18.8 Å². The number of aromatic nitrogens is 2. The number of nitrogens with one attached hydrogen (secondary N) is 1. The van der Waals surface area contributed by atoms with E-state index in [1.807, 2.05) is 0 Å². The second-order valence-corrected chi connectivity index (χ2v) is 8.90. The van der Waals surface area contributed by atoms with Gasteiger partial charge in [-0.1, -0.05) is 23.2 Å². The fourth-order valence-electron chi connectivity index (χ4n) is 4.27. The summed E-state index contributed by atoms with van der Waals surface area (Å²) in [5.41, 5.74) is 3.18. The quantitative estimate of drug-likeness (QED) is 0.513. The summed E-state index contributed by atoms with van der Waals surface area (Å²) < 4.78 is 30.9. The number of hydrogen-bond acceptors (Lipinski definition) is 5. The summed E-state index contributed by atoms with van der Waals surface area (Å²) in [5, 5.41) is 3.07. The fraction of sp³-hybridized carbons (Fsp3) is 0.273. The van der Waals surface area contributed by atoms with Crippen molar-refractivity contribution in [1.82, 2.24) is 14.5 Å². The molecule has 0 bridgehead atoms. The molecule has 2 aromatic carbocycles. The van der Waals surface area contributed by atoms with Crippen molar-refractivity contribution in [3.8, 4) is 0 Å². The van der Waals surface area contributed by atoms with Crippen LogP contribution in [0, 0.1) is 11.6 Å². The standard InChI is InChI=1S/C22H19Cl2F2N5O3/c1-11(32)30-5-4-22(9-30,18-15(25)3-2-14(23)19(18)24)29-12-6-13-20(16(26)7-12)28-10-31(21(13)34)8-17(27)33/h2-3,6-7,10,29H,4-5,8-9H2,1H3,(H2,27,33)/t22-/m1/s1. The molecule has 1 aliphatic rings. The molecule has 0 unspecified atom stereocenters. The van der Waals surface area contributed by atoms with Gasteiger partial charge in [-0.05, 0) is 30.7 Å². The molecule has 34 heavy (non-hydrogen) atoms. The molecule has 1 aliphatic heterocycles. The molecule has 2 amide bonds. The zero-order valence-electron chi connectivity index (χ0n) is 17.9. The molecule has 2 heterocycles. The Morgan fingerprint density at radius 3 is 2.62 bits per heavy atom. The van der Waals surface area contributed by atoms with E-state index in [0.717, 1.165) is 23.0 Å². The van der Waals surface area contributed by atoms with Crippen molar-refractivity contribution in [2.24, 2.45) is 5.73 Å². The van der Waals surface area contributed by atoms with Gasteiger partial charge in [0, 0.05) is 31.3 Å². The molecular weight excluding hydrogens is 491 g/mol. The van der Waals surface area contributed by atoms with Crippen molar-refractivity contribution in [3.63, 3.8) is 0 Å². The van der Waals surface area contributed by atoms with E-state index < -0.39 is 35.2 Å². The minimum atomic E-state index is -1.26. The molecule has 3 aromatic rings. The summed E-state index contributed by atoms with van der Waals surface area (Å²) in [7, 11) is 0. The molecule has 4 rings (SSSR count). The maximum Gasteiger partial charge on any atom is 0.261 e. The maximum absolute atomic E-state index is 15.1. The molecule has 3 N–H and O–H groups in total. The molecule has 0 radical (unpaired) electrons. The lowest BCUT2D eigenvalue weighted by molar-refractivity contribution is -0.128. The fourth-order valence-corrected chi connectivity index (χ4v) is 4.76. The highest BCUT2D eigenvalue weighted by atomic mass is 35.5. The summed E-state index contributed by atoms with van der Waals surface area (Å²) in [6, 6.07) is 4.94. The lowest BCUT2D eigenvalue weighted by atomic mass is 9.87. The number of rotatable bonds is 5. The second kappa shape index (κ2) is 8.84. The zero-order chi connectivity index (χ0) is 24.8. The van der Waals surface area contributed by atoms with Gasteiger partial charge in [0.25, 0.3) is 5.56 Å². The molecule has 8 nitrogen and oxygen atoms in total. The van der Waals surface area contributed by atoms with Gasteiger partial charge in [-0.3, -0.25) is 19.0 Å². The first-order valence-corrected chi connectivity index (χ1v) is 10.9. The number of nitrogens with zero attached hydrogens (tertiary/aromatic N) is 3. The zero-order valence-corrected chi connectivity index (χ0v) is 19.4. The first-order chi connectivity index (χ1) is 16.0. The Morgan fingerprint density at radius 1 is 1.24 bits per heavy atom. The third-order valence-corrected chi connectivity index (χ3v) is 6.63. The Balaban J connectivity index is 1.87. The van der Waals surface area contributed by atoms with Gasteiger partial charge in [-0.15, -0.1) is 0 Å². The lowest BCUT2D eigenvalue weighted by Crippen LogP contribution is -2.41. The van der Waals surface area contributed by atoms with E-state index in [2.05, 4.69) is 10.3 Å². The number of nitrogens with two attached hydrogens (primary N) is 1. The minimum Gasteiger partial charge on any atom is -0.373 e. The minimum absolute atomic E-state index is 0.0257. The Bertz CT molecular complexity index is 1400. The van der Waals surface area contributed by atoms with Crippen molar-refractivity contribution in [2.45, 2.75) is 25.4 Å². The van der Waals surface area contributed by atoms with Crippen LogP contribution >= 0.6 is 23.2 Å². The van der Waals surface area contributed by atoms with Gasteiger partial charge in [0.1, 0.15) is 17.9 Å². The number of anilines is 1. The van der Waals surface area contributed by atoms with Gasteiger partial charge >= 0.3 is 0 Å². The number of fused-ring (bicyclic) bond motifs is 1. The summed E-state index contributed by atoms with van der Waals surface area (Å²) in [4.78, 5) is 41.5. The van der Waals surface area contributed by atoms with Crippen molar-refractivity contribution in [3.05, 3.63) is 68.2 Å². The van der Waals surface area contributed by atoms with Crippen LogP contribution in [0.3, 0.4) is 0 Å². The van der Waals surface area contributed by atoms with Crippen molar-refractivity contribution in [1.29, 1.82) is 0 Å². The second-order valence-electron chi connectivity index (χ2n) is 8.11. The average Bonchev–Trinajstić information content (AvgIpc) is 3.18. The molecule has 0 saturated carbocycles. The van der Waals surface area contributed by atoms with Crippen LogP contribution in [0.5, 0.6) is 0 Å². The van der Waals surface area contributed by atoms with Crippen LogP contribution < -0.4 is 16.6 Å².